The number of alkyl halides is 3. The zero-order valence-electron chi connectivity index (χ0n) is 9.27. The van der Waals surface area contributed by atoms with Crippen molar-refractivity contribution < 1.29 is 18.0 Å². The van der Waals surface area contributed by atoms with Crippen LogP contribution in [0.1, 0.15) is 5.56 Å². The maximum atomic E-state index is 12.3. The van der Waals surface area contributed by atoms with Gasteiger partial charge in [-0.3, -0.25) is 4.79 Å². The van der Waals surface area contributed by atoms with Gasteiger partial charge in [0.1, 0.15) is 0 Å². The molecule has 0 heterocycles. The Morgan fingerprint density at radius 1 is 1.29 bits per heavy atom. The van der Waals surface area contributed by atoms with E-state index in [9.17, 15) is 18.0 Å². The number of benzene rings is 1. The first-order chi connectivity index (χ1) is 7.92. The number of amides is 1. The molecule has 0 saturated carbocycles. The molecule has 1 amide bonds. The van der Waals surface area contributed by atoms with Gasteiger partial charge in [-0.2, -0.15) is 13.2 Å². The molecule has 0 aliphatic carbocycles. The lowest BCUT2D eigenvalue weighted by atomic mass is 10.1. The number of carbonyl (C=O) groups is 1. The summed E-state index contributed by atoms with van der Waals surface area (Å²) < 4.78 is 36.8. The summed E-state index contributed by atoms with van der Waals surface area (Å²) in [6.45, 7) is 0.0559. The molecule has 0 saturated heterocycles. The largest absolute Gasteiger partial charge is 0.393 e. The molecule has 0 aliphatic rings. The van der Waals surface area contributed by atoms with Crippen molar-refractivity contribution in [2.45, 2.75) is 12.6 Å². The van der Waals surface area contributed by atoms with Gasteiger partial charge in [-0.1, -0.05) is 18.2 Å². The van der Waals surface area contributed by atoms with Crippen LogP contribution >= 0.6 is 0 Å². The van der Waals surface area contributed by atoms with Crippen LogP contribution in [0.3, 0.4) is 0 Å². The highest BCUT2D eigenvalue weighted by atomic mass is 19.4. The molecule has 1 rings (SSSR count). The Hall–Kier alpha value is -1.56. The molecule has 0 aromatic heterocycles. The first-order valence-corrected chi connectivity index (χ1v) is 5.01. The zero-order chi connectivity index (χ0) is 12.9. The SMILES string of the molecule is CNCC(=O)Nc1ccccc1CC(F)(F)F. The first-order valence-electron chi connectivity index (χ1n) is 5.01. The summed E-state index contributed by atoms with van der Waals surface area (Å²) in [7, 11) is 1.58. The number of hydrogen-bond acceptors (Lipinski definition) is 2. The Bertz CT molecular complexity index is 391. The molecular weight excluding hydrogens is 233 g/mol. The van der Waals surface area contributed by atoms with Crippen LogP contribution in [-0.4, -0.2) is 25.7 Å². The van der Waals surface area contributed by atoms with Gasteiger partial charge >= 0.3 is 6.18 Å². The van der Waals surface area contributed by atoms with Gasteiger partial charge in [0.15, 0.2) is 0 Å². The summed E-state index contributed by atoms with van der Waals surface area (Å²) in [6, 6.07) is 5.89. The molecule has 0 atom stereocenters. The summed E-state index contributed by atoms with van der Waals surface area (Å²) in [5.74, 6) is -0.373. The van der Waals surface area contributed by atoms with Gasteiger partial charge in [-0.05, 0) is 18.7 Å². The molecule has 3 nitrogen and oxygen atoms in total. The highest BCUT2D eigenvalue weighted by molar-refractivity contribution is 5.92. The maximum Gasteiger partial charge on any atom is 0.393 e. The van der Waals surface area contributed by atoms with Crippen molar-refractivity contribution in [2.24, 2.45) is 0 Å². The minimum atomic E-state index is -4.29. The molecule has 0 spiro atoms. The molecule has 0 aliphatic heterocycles. The third kappa shape index (κ3) is 4.86. The van der Waals surface area contributed by atoms with Crippen LogP contribution in [0.25, 0.3) is 0 Å². The zero-order valence-corrected chi connectivity index (χ0v) is 9.27. The molecule has 94 valence electrons. The Kier molecular flexibility index (Phi) is 4.51. The predicted molar refractivity (Wildman–Crippen MR) is 58.8 cm³/mol. The second-order valence-electron chi connectivity index (χ2n) is 3.53. The minimum Gasteiger partial charge on any atom is -0.325 e. The van der Waals surface area contributed by atoms with E-state index in [1.165, 1.54) is 18.2 Å². The third-order valence-electron chi connectivity index (χ3n) is 2.02. The van der Waals surface area contributed by atoms with Crippen molar-refractivity contribution in [3.05, 3.63) is 29.8 Å². The van der Waals surface area contributed by atoms with Crippen LogP contribution in [0, 0.1) is 0 Å². The average molecular weight is 246 g/mol. The molecule has 6 heteroatoms. The van der Waals surface area contributed by atoms with Gasteiger partial charge in [0, 0.05) is 5.69 Å². The highest BCUT2D eigenvalue weighted by Crippen LogP contribution is 2.25. The van der Waals surface area contributed by atoms with Crippen molar-refractivity contribution >= 4 is 11.6 Å². The minimum absolute atomic E-state index is 0.0559. The number of carbonyl (C=O) groups excluding carboxylic acids is 1. The van der Waals surface area contributed by atoms with Crippen molar-refractivity contribution in [2.75, 3.05) is 18.9 Å². The van der Waals surface area contributed by atoms with E-state index in [4.69, 9.17) is 0 Å². The quantitative estimate of drug-likeness (QED) is 0.852. The molecule has 1 aromatic rings. The van der Waals surface area contributed by atoms with E-state index in [2.05, 4.69) is 10.6 Å². The summed E-state index contributed by atoms with van der Waals surface area (Å²) in [5.41, 5.74) is 0.259. The van der Waals surface area contributed by atoms with E-state index >= 15 is 0 Å². The van der Waals surface area contributed by atoms with E-state index in [-0.39, 0.29) is 23.7 Å². The van der Waals surface area contributed by atoms with Gasteiger partial charge in [0.2, 0.25) is 5.91 Å². The van der Waals surface area contributed by atoms with E-state index < -0.39 is 12.6 Å². The lowest BCUT2D eigenvalue weighted by Gasteiger charge is -2.12. The van der Waals surface area contributed by atoms with Crippen LogP contribution in [0.5, 0.6) is 0 Å². The van der Waals surface area contributed by atoms with E-state index in [1.54, 1.807) is 13.1 Å². The van der Waals surface area contributed by atoms with Crippen molar-refractivity contribution in [1.29, 1.82) is 0 Å². The van der Waals surface area contributed by atoms with Crippen molar-refractivity contribution in [3.8, 4) is 0 Å². The average Bonchev–Trinajstić information content (AvgIpc) is 2.19. The van der Waals surface area contributed by atoms with E-state index in [0.29, 0.717) is 0 Å². The Morgan fingerprint density at radius 2 is 1.94 bits per heavy atom. The number of para-hydroxylation sites is 1. The van der Waals surface area contributed by atoms with Gasteiger partial charge in [0.25, 0.3) is 0 Å². The Morgan fingerprint density at radius 3 is 2.53 bits per heavy atom. The molecule has 0 unspecified atom stereocenters. The summed E-state index contributed by atoms with van der Waals surface area (Å²) in [5, 5.41) is 5.05. The molecule has 0 fully saturated rings. The second kappa shape index (κ2) is 5.67. The number of halogens is 3. The van der Waals surface area contributed by atoms with Gasteiger partial charge in [-0.15, -0.1) is 0 Å². The van der Waals surface area contributed by atoms with Crippen molar-refractivity contribution in [3.63, 3.8) is 0 Å². The molecule has 1 aromatic carbocycles. The number of nitrogens with one attached hydrogen (secondary N) is 2. The fourth-order valence-corrected chi connectivity index (χ4v) is 1.37. The van der Waals surface area contributed by atoms with Gasteiger partial charge < -0.3 is 10.6 Å². The van der Waals surface area contributed by atoms with Crippen LogP contribution in [-0.2, 0) is 11.2 Å². The molecular formula is C11H13F3N2O. The predicted octanol–water partition coefficient (Wildman–Crippen LogP) is 1.95. The summed E-state index contributed by atoms with van der Waals surface area (Å²) in [6.07, 6.45) is -5.34. The molecule has 0 bridgehead atoms. The number of likely N-dealkylation sites (N-methyl/N-ethyl adjacent to an activating group) is 1. The third-order valence-corrected chi connectivity index (χ3v) is 2.02. The van der Waals surface area contributed by atoms with Crippen LogP contribution in [0.4, 0.5) is 18.9 Å². The van der Waals surface area contributed by atoms with Crippen LogP contribution in [0.15, 0.2) is 24.3 Å². The Labute approximate surface area is 97.0 Å². The Balaban J connectivity index is 2.81. The van der Waals surface area contributed by atoms with E-state index in [0.717, 1.165) is 0 Å². The topological polar surface area (TPSA) is 41.1 Å². The van der Waals surface area contributed by atoms with Crippen molar-refractivity contribution in [1.82, 2.24) is 5.32 Å². The number of rotatable bonds is 4. The van der Waals surface area contributed by atoms with E-state index in [1.807, 2.05) is 0 Å². The summed E-state index contributed by atoms with van der Waals surface area (Å²) >= 11 is 0. The maximum absolute atomic E-state index is 12.3. The first kappa shape index (κ1) is 13.5. The number of anilines is 1. The lowest BCUT2D eigenvalue weighted by Crippen LogP contribution is -2.26. The molecule has 17 heavy (non-hydrogen) atoms. The van der Waals surface area contributed by atoms with Gasteiger partial charge in [0.05, 0.1) is 13.0 Å². The fraction of sp³-hybridized carbons (Fsp3) is 0.364. The standard InChI is InChI=1S/C11H13F3N2O/c1-15-7-10(17)16-9-5-3-2-4-8(9)6-11(12,13)14/h2-5,15H,6-7H2,1H3,(H,16,17). The summed E-state index contributed by atoms with van der Waals surface area (Å²) in [4.78, 5) is 11.3. The lowest BCUT2D eigenvalue weighted by molar-refractivity contribution is -0.127. The van der Waals surface area contributed by atoms with Gasteiger partial charge in [-0.25, -0.2) is 0 Å². The molecule has 2 N–H and O–H groups in total. The normalized spacial score (nSPS) is 11.3. The molecule has 0 radical (unpaired) electrons. The van der Waals surface area contributed by atoms with Crippen LogP contribution < -0.4 is 10.6 Å². The van der Waals surface area contributed by atoms with Crippen LogP contribution in [0.2, 0.25) is 0 Å². The number of hydrogen-bond donors (Lipinski definition) is 2. The highest BCUT2D eigenvalue weighted by Gasteiger charge is 2.28. The smallest absolute Gasteiger partial charge is 0.325 e. The second-order valence-corrected chi connectivity index (χ2v) is 3.53. The fourth-order valence-electron chi connectivity index (χ4n) is 1.37. The monoisotopic (exact) mass is 246 g/mol.